The molecule has 1 aromatic carbocycles. The summed E-state index contributed by atoms with van der Waals surface area (Å²) in [6, 6.07) is 7.27. The molecule has 0 bridgehead atoms. The molecule has 0 fully saturated rings. The van der Waals surface area contributed by atoms with Crippen LogP contribution < -0.4 is 10.6 Å². The summed E-state index contributed by atoms with van der Waals surface area (Å²) in [6.07, 6.45) is 0.516. The number of amides is 2. The largest absolute Gasteiger partial charge is 0.350 e. The Kier molecular flexibility index (Phi) is 5.74. The van der Waals surface area contributed by atoms with Gasteiger partial charge in [0, 0.05) is 23.8 Å². The lowest BCUT2D eigenvalue weighted by Gasteiger charge is -2.19. The van der Waals surface area contributed by atoms with E-state index in [1.165, 1.54) is 22.7 Å². The molecule has 2 amide bonds. The fourth-order valence-corrected chi connectivity index (χ4v) is 4.92. The topological polar surface area (TPSA) is 101 Å². The van der Waals surface area contributed by atoms with Crippen molar-refractivity contribution in [1.82, 2.24) is 15.3 Å². The fraction of sp³-hybridized carbons (Fsp3) is 0.286. The average molecular weight is 441 g/mol. The molecule has 0 radical (unpaired) electrons. The van der Waals surface area contributed by atoms with Crippen LogP contribution in [0, 0.1) is 19.8 Å². The van der Waals surface area contributed by atoms with Crippen LogP contribution in [0.1, 0.15) is 48.4 Å². The van der Waals surface area contributed by atoms with Gasteiger partial charge in [0.2, 0.25) is 5.91 Å². The van der Waals surface area contributed by atoms with Crippen molar-refractivity contribution in [2.24, 2.45) is 5.92 Å². The van der Waals surface area contributed by atoms with Gasteiger partial charge in [0.25, 0.3) is 5.91 Å². The Balaban J connectivity index is 1.43. The Labute approximate surface area is 181 Å². The first-order chi connectivity index (χ1) is 14.4. The number of carbonyl (C=O) groups excluding carboxylic acids is 3. The van der Waals surface area contributed by atoms with E-state index in [4.69, 9.17) is 0 Å². The van der Waals surface area contributed by atoms with Gasteiger partial charge in [-0.05, 0) is 25.5 Å². The summed E-state index contributed by atoms with van der Waals surface area (Å²) < 4.78 is 0. The molecule has 1 aliphatic carbocycles. The third kappa shape index (κ3) is 4.31. The molecule has 0 aliphatic heterocycles. The van der Waals surface area contributed by atoms with Gasteiger partial charge in [0.1, 0.15) is 0 Å². The molecule has 7 nitrogen and oxygen atoms in total. The Hall–Kier alpha value is -2.91. The summed E-state index contributed by atoms with van der Waals surface area (Å²) >= 11 is 2.70. The Bertz CT molecular complexity index is 1130. The summed E-state index contributed by atoms with van der Waals surface area (Å²) in [5, 5.41) is 8.86. The second-order valence-electron chi connectivity index (χ2n) is 7.17. The molecular formula is C21H20N4O3S2. The highest BCUT2D eigenvalue weighted by atomic mass is 32.1. The first-order valence-corrected chi connectivity index (χ1v) is 11.2. The molecule has 154 valence electrons. The Morgan fingerprint density at radius 1 is 1.17 bits per heavy atom. The predicted octanol–water partition coefficient (Wildman–Crippen LogP) is 3.53. The van der Waals surface area contributed by atoms with Gasteiger partial charge in [0.15, 0.2) is 10.9 Å². The molecular weight excluding hydrogens is 420 g/mol. The number of nitrogens with zero attached hydrogens (tertiary/aromatic N) is 2. The first-order valence-electron chi connectivity index (χ1n) is 9.49. The lowest BCUT2D eigenvalue weighted by molar-refractivity contribution is -0.125. The van der Waals surface area contributed by atoms with Crippen molar-refractivity contribution in [1.29, 1.82) is 0 Å². The number of hydrogen-bond acceptors (Lipinski definition) is 7. The van der Waals surface area contributed by atoms with E-state index in [-0.39, 0.29) is 24.0 Å². The van der Waals surface area contributed by atoms with Crippen molar-refractivity contribution in [2.75, 3.05) is 5.32 Å². The highest BCUT2D eigenvalue weighted by molar-refractivity contribution is 7.17. The third-order valence-corrected chi connectivity index (χ3v) is 6.79. The molecule has 0 saturated heterocycles. The highest BCUT2D eigenvalue weighted by Crippen LogP contribution is 2.32. The van der Waals surface area contributed by atoms with Crippen LogP contribution in [0.2, 0.25) is 0 Å². The van der Waals surface area contributed by atoms with Gasteiger partial charge < -0.3 is 5.32 Å². The average Bonchev–Trinajstić information content (AvgIpc) is 3.32. The SMILES string of the molecule is Cc1nc(CNC(=O)[C@@H]2CC(=O)c3sc(NC(=O)c4ccccc4C)nc3C2)cs1. The number of benzene rings is 1. The van der Waals surface area contributed by atoms with Gasteiger partial charge >= 0.3 is 0 Å². The Morgan fingerprint density at radius 3 is 2.70 bits per heavy atom. The van der Waals surface area contributed by atoms with E-state index in [2.05, 4.69) is 20.6 Å². The van der Waals surface area contributed by atoms with Crippen molar-refractivity contribution in [3.05, 3.63) is 62.0 Å². The lowest BCUT2D eigenvalue weighted by Crippen LogP contribution is -2.35. The molecule has 30 heavy (non-hydrogen) atoms. The quantitative estimate of drug-likeness (QED) is 0.632. The van der Waals surface area contributed by atoms with Gasteiger partial charge in [-0.3, -0.25) is 19.7 Å². The number of nitrogens with one attached hydrogen (secondary N) is 2. The number of Topliss-reactive ketones (excluding diaryl/α,β-unsaturated/α-hetero) is 1. The van der Waals surface area contributed by atoms with Crippen molar-refractivity contribution >= 4 is 45.4 Å². The van der Waals surface area contributed by atoms with Crippen molar-refractivity contribution in [3.8, 4) is 0 Å². The van der Waals surface area contributed by atoms with Crippen LogP contribution in [0.3, 0.4) is 0 Å². The second kappa shape index (κ2) is 8.45. The van der Waals surface area contributed by atoms with Gasteiger partial charge in [-0.1, -0.05) is 29.5 Å². The summed E-state index contributed by atoms with van der Waals surface area (Å²) in [7, 11) is 0. The molecule has 2 aromatic heterocycles. The lowest BCUT2D eigenvalue weighted by atomic mass is 9.89. The standard InChI is InChI=1S/C21H20N4O3S2/c1-11-5-3-4-6-15(11)20(28)25-21-24-16-7-13(8-17(26)18(16)30-21)19(27)22-9-14-10-29-12(2)23-14/h3-6,10,13H,7-9H2,1-2H3,(H,22,27)(H,24,25,28)/t13-/m0/s1. The maximum atomic E-state index is 12.6. The molecule has 2 N–H and O–H groups in total. The number of fused-ring (bicyclic) bond motifs is 1. The monoisotopic (exact) mass is 440 g/mol. The molecule has 0 unspecified atom stereocenters. The number of rotatable bonds is 5. The van der Waals surface area contributed by atoms with E-state index < -0.39 is 5.92 Å². The van der Waals surface area contributed by atoms with E-state index in [0.29, 0.717) is 34.2 Å². The second-order valence-corrected chi connectivity index (χ2v) is 9.23. The number of aromatic nitrogens is 2. The maximum Gasteiger partial charge on any atom is 0.257 e. The third-order valence-electron chi connectivity index (χ3n) is 4.91. The van der Waals surface area contributed by atoms with Crippen molar-refractivity contribution in [2.45, 2.75) is 33.2 Å². The number of thiazole rings is 2. The minimum Gasteiger partial charge on any atom is -0.350 e. The van der Waals surface area contributed by atoms with Crippen LogP contribution >= 0.6 is 22.7 Å². The summed E-state index contributed by atoms with van der Waals surface area (Å²) in [6.45, 7) is 4.12. The molecule has 2 heterocycles. The number of hydrogen-bond donors (Lipinski definition) is 2. The molecule has 4 rings (SSSR count). The molecule has 0 saturated carbocycles. The maximum absolute atomic E-state index is 12.6. The zero-order valence-corrected chi connectivity index (χ0v) is 18.2. The normalized spacial score (nSPS) is 15.5. The van der Waals surface area contributed by atoms with Crippen LogP contribution in [0.15, 0.2) is 29.6 Å². The van der Waals surface area contributed by atoms with Crippen LogP contribution in [0.25, 0.3) is 0 Å². The van der Waals surface area contributed by atoms with Gasteiger partial charge in [0.05, 0.1) is 33.7 Å². The van der Waals surface area contributed by atoms with Crippen molar-refractivity contribution < 1.29 is 14.4 Å². The van der Waals surface area contributed by atoms with Crippen LogP contribution in [-0.2, 0) is 17.8 Å². The number of anilines is 1. The highest BCUT2D eigenvalue weighted by Gasteiger charge is 2.33. The van der Waals surface area contributed by atoms with Crippen LogP contribution in [0.4, 0.5) is 5.13 Å². The van der Waals surface area contributed by atoms with Crippen molar-refractivity contribution in [3.63, 3.8) is 0 Å². The van der Waals surface area contributed by atoms with E-state index in [9.17, 15) is 14.4 Å². The number of aryl methyl sites for hydroxylation is 2. The molecule has 1 aliphatic rings. The zero-order valence-electron chi connectivity index (χ0n) is 16.5. The minimum atomic E-state index is -0.466. The van der Waals surface area contributed by atoms with E-state index in [1.807, 2.05) is 31.4 Å². The van der Waals surface area contributed by atoms with E-state index in [1.54, 1.807) is 12.1 Å². The molecule has 1 atom stereocenters. The summed E-state index contributed by atoms with van der Waals surface area (Å²) in [5.74, 6) is -1.03. The minimum absolute atomic E-state index is 0.116. The van der Waals surface area contributed by atoms with Crippen LogP contribution in [-0.4, -0.2) is 27.6 Å². The summed E-state index contributed by atoms with van der Waals surface area (Å²) in [5.41, 5.74) is 2.80. The number of ketones is 1. The molecule has 3 aromatic rings. The fourth-order valence-electron chi connectivity index (χ4n) is 3.37. The van der Waals surface area contributed by atoms with Gasteiger partial charge in [-0.25, -0.2) is 9.97 Å². The van der Waals surface area contributed by atoms with E-state index in [0.717, 1.165) is 16.3 Å². The molecule has 9 heteroatoms. The number of carbonyl (C=O) groups is 3. The predicted molar refractivity (Wildman–Crippen MR) is 116 cm³/mol. The summed E-state index contributed by atoms with van der Waals surface area (Å²) in [4.78, 5) is 46.9. The first kappa shape index (κ1) is 20.4. The van der Waals surface area contributed by atoms with Crippen LogP contribution in [0.5, 0.6) is 0 Å². The zero-order chi connectivity index (χ0) is 21.3. The van der Waals surface area contributed by atoms with E-state index >= 15 is 0 Å². The smallest absolute Gasteiger partial charge is 0.257 e. The Morgan fingerprint density at radius 2 is 1.97 bits per heavy atom. The van der Waals surface area contributed by atoms with Gasteiger partial charge in [-0.2, -0.15) is 0 Å². The molecule has 0 spiro atoms. The van der Waals surface area contributed by atoms with Gasteiger partial charge in [-0.15, -0.1) is 11.3 Å².